The molecule has 8 heteroatoms. The molecule has 41 heavy (non-hydrogen) atoms. The molecule has 1 aliphatic carbocycles. The first-order chi connectivity index (χ1) is 19.6. The summed E-state index contributed by atoms with van der Waals surface area (Å²) in [6.07, 6.45) is 8.20. The van der Waals surface area contributed by atoms with Crippen molar-refractivity contribution in [2.24, 2.45) is 4.99 Å². The number of pyridine rings is 1. The lowest BCUT2D eigenvalue weighted by Crippen LogP contribution is -2.57. The van der Waals surface area contributed by atoms with Crippen LogP contribution in [0.2, 0.25) is 0 Å². The van der Waals surface area contributed by atoms with Gasteiger partial charge in [0.2, 0.25) is 0 Å². The third-order valence-corrected chi connectivity index (χ3v) is 7.96. The maximum atomic E-state index is 12.7. The Balaban J connectivity index is 1.37. The van der Waals surface area contributed by atoms with Gasteiger partial charge in [0.25, 0.3) is 0 Å². The molecule has 6 rings (SSSR count). The van der Waals surface area contributed by atoms with Gasteiger partial charge in [0, 0.05) is 17.6 Å². The van der Waals surface area contributed by atoms with E-state index in [0.717, 1.165) is 58.9 Å². The smallest absolute Gasteiger partial charge is 0.408 e. The van der Waals surface area contributed by atoms with Crippen LogP contribution in [0.4, 0.5) is 16.3 Å². The molecule has 3 aliphatic rings. The number of rotatable bonds is 5. The van der Waals surface area contributed by atoms with Gasteiger partial charge in [0.05, 0.1) is 16.8 Å². The number of nitrogens with one attached hydrogen (secondary N) is 2. The highest BCUT2D eigenvalue weighted by Gasteiger charge is 2.47. The fourth-order valence-electron chi connectivity index (χ4n) is 5.78. The highest BCUT2D eigenvalue weighted by molar-refractivity contribution is 6.16. The molecule has 0 saturated heterocycles. The Morgan fingerprint density at radius 1 is 1.02 bits per heavy atom. The standard InChI is InChI=1S/C33H36N6O2/c1-31(2,3)41-30(40)38-33(19-9-20-33)23-13-15-24(16-14-23)39-29(25-12-8-21-35-28(25)34)36-27-18-17-26(37-32(27,39)4)22-10-6-5-7-11-22/h5-8,10-18,21,37H,9,19-20H2,1-4H3,(H2,34,35)(H,38,40). The molecule has 0 bridgehead atoms. The molecule has 1 amide bonds. The molecule has 1 unspecified atom stereocenters. The summed E-state index contributed by atoms with van der Waals surface area (Å²) in [5, 5.41) is 6.92. The van der Waals surface area contributed by atoms with Crippen LogP contribution in [0.1, 0.15) is 63.6 Å². The fraction of sp³-hybridized carbons (Fsp3) is 0.303. The number of ether oxygens (including phenoxy) is 1. The van der Waals surface area contributed by atoms with E-state index in [9.17, 15) is 4.79 Å². The summed E-state index contributed by atoms with van der Waals surface area (Å²) in [7, 11) is 0. The van der Waals surface area contributed by atoms with Gasteiger partial charge in [-0.1, -0.05) is 42.5 Å². The van der Waals surface area contributed by atoms with E-state index in [0.29, 0.717) is 5.82 Å². The van der Waals surface area contributed by atoms with Crippen LogP contribution in [-0.4, -0.2) is 28.2 Å². The summed E-state index contributed by atoms with van der Waals surface area (Å²) in [4.78, 5) is 24.3. The van der Waals surface area contributed by atoms with Gasteiger partial charge in [-0.3, -0.25) is 4.90 Å². The first-order valence-corrected chi connectivity index (χ1v) is 14.1. The topological polar surface area (TPSA) is 105 Å². The second kappa shape index (κ2) is 9.80. The zero-order valence-electron chi connectivity index (χ0n) is 23.9. The zero-order chi connectivity index (χ0) is 28.8. The minimum Gasteiger partial charge on any atom is -0.444 e. The van der Waals surface area contributed by atoms with Gasteiger partial charge in [-0.05, 0) is 94.5 Å². The van der Waals surface area contributed by atoms with Crippen LogP contribution >= 0.6 is 0 Å². The van der Waals surface area contributed by atoms with Crippen molar-refractivity contribution < 1.29 is 9.53 Å². The van der Waals surface area contributed by atoms with Crippen LogP contribution in [0.25, 0.3) is 5.70 Å². The summed E-state index contributed by atoms with van der Waals surface area (Å²) >= 11 is 0. The molecule has 3 heterocycles. The van der Waals surface area contributed by atoms with E-state index in [1.165, 1.54) is 0 Å². The summed E-state index contributed by atoms with van der Waals surface area (Å²) in [5.74, 6) is 1.14. The number of nitrogen functional groups attached to an aromatic ring is 1. The molecule has 2 aliphatic heterocycles. The average molecular weight is 549 g/mol. The van der Waals surface area contributed by atoms with Crippen molar-refractivity contribution in [2.45, 2.75) is 63.8 Å². The van der Waals surface area contributed by atoms with Crippen LogP contribution < -0.4 is 21.3 Å². The first kappa shape index (κ1) is 26.6. The second-order valence-corrected chi connectivity index (χ2v) is 12.0. The Hall–Kier alpha value is -4.59. The van der Waals surface area contributed by atoms with Crippen LogP contribution in [-0.2, 0) is 10.3 Å². The Labute approximate surface area is 241 Å². The number of allylic oxidation sites excluding steroid dienone is 2. The third kappa shape index (κ3) is 4.84. The van der Waals surface area contributed by atoms with E-state index >= 15 is 0 Å². The van der Waals surface area contributed by atoms with Crippen molar-refractivity contribution in [3.8, 4) is 0 Å². The number of benzene rings is 2. The largest absolute Gasteiger partial charge is 0.444 e. The van der Waals surface area contributed by atoms with Crippen LogP contribution in [0, 0.1) is 0 Å². The van der Waals surface area contributed by atoms with E-state index in [-0.39, 0.29) is 0 Å². The normalized spacial score (nSPS) is 21.0. The first-order valence-electron chi connectivity index (χ1n) is 14.1. The average Bonchev–Trinajstić information content (AvgIpc) is 3.22. The van der Waals surface area contributed by atoms with Crippen LogP contribution in [0.15, 0.2) is 95.8 Å². The molecule has 1 atom stereocenters. The van der Waals surface area contributed by atoms with Crippen molar-refractivity contribution in [3.05, 3.63) is 107 Å². The summed E-state index contributed by atoms with van der Waals surface area (Å²) in [5.41, 5.74) is 10.4. The lowest BCUT2D eigenvalue weighted by Gasteiger charge is -2.44. The number of aliphatic imine (C=N–C) groups is 1. The van der Waals surface area contributed by atoms with Crippen LogP contribution in [0.3, 0.4) is 0 Å². The number of amides is 1. The molecule has 210 valence electrons. The number of nitrogens with zero attached hydrogens (tertiary/aromatic N) is 3. The van der Waals surface area contributed by atoms with E-state index in [4.69, 9.17) is 15.5 Å². The number of anilines is 2. The SMILES string of the molecule is CC(C)(C)OC(=O)NC1(c2ccc(N3C(c4cccnc4N)=NC4=CC=C(c5ccccc5)NC43C)cc2)CCC1. The van der Waals surface area contributed by atoms with Crippen molar-refractivity contribution in [3.63, 3.8) is 0 Å². The van der Waals surface area contributed by atoms with Crippen molar-refractivity contribution in [1.29, 1.82) is 0 Å². The van der Waals surface area contributed by atoms with Gasteiger partial charge in [0.1, 0.15) is 17.3 Å². The van der Waals surface area contributed by atoms with E-state index in [1.807, 2.05) is 51.1 Å². The number of alkyl carbamates (subject to hydrolysis) is 1. The number of dihydropyridines is 1. The maximum Gasteiger partial charge on any atom is 0.408 e. The highest BCUT2D eigenvalue weighted by Crippen LogP contribution is 2.44. The van der Waals surface area contributed by atoms with Crippen LogP contribution in [0.5, 0.6) is 0 Å². The van der Waals surface area contributed by atoms with E-state index < -0.39 is 22.9 Å². The molecule has 1 aromatic heterocycles. The van der Waals surface area contributed by atoms with Gasteiger partial charge in [-0.25, -0.2) is 14.8 Å². The number of hydrogen-bond acceptors (Lipinski definition) is 7. The molecule has 3 aromatic rings. The number of carbonyl (C=O) groups excluding carboxylic acids is 1. The third-order valence-electron chi connectivity index (χ3n) is 7.96. The number of amidine groups is 1. The monoisotopic (exact) mass is 548 g/mol. The molecular formula is C33H36N6O2. The lowest BCUT2D eigenvalue weighted by atomic mass is 9.72. The predicted molar refractivity (Wildman–Crippen MR) is 163 cm³/mol. The summed E-state index contributed by atoms with van der Waals surface area (Å²) in [6.45, 7) is 7.75. The fourth-order valence-corrected chi connectivity index (χ4v) is 5.78. The van der Waals surface area contributed by atoms with Gasteiger partial charge < -0.3 is 21.1 Å². The molecule has 8 nitrogen and oxygen atoms in total. The highest BCUT2D eigenvalue weighted by atomic mass is 16.6. The Morgan fingerprint density at radius 3 is 2.39 bits per heavy atom. The number of fused-ring (bicyclic) bond motifs is 1. The molecule has 0 spiro atoms. The Kier molecular flexibility index (Phi) is 6.36. The predicted octanol–water partition coefficient (Wildman–Crippen LogP) is 6.08. The van der Waals surface area contributed by atoms with Crippen molar-refractivity contribution >= 4 is 29.1 Å². The zero-order valence-corrected chi connectivity index (χ0v) is 23.9. The molecule has 4 N–H and O–H groups in total. The molecular weight excluding hydrogens is 512 g/mol. The van der Waals surface area contributed by atoms with Gasteiger partial charge in [-0.2, -0.15) is 0 Å². The minimum absolute atomic E-state index is 0.392. The number of nitrogens with two attached hydrogens (primary N) is 1. The number of carbonyl (C=O) groups is 1. The van der Waals surface area contributed by atoms with E-state index in [2.05, 4.69) is 76.0 Å². The molecule has 1 saturated carbocycles. The molecule has 0 radical (unpaired) electrons. The Bertz CT molecular complexity index is 1570. The number of hydrogen-bond donors (Lipinski definition) is 3. The summed E-state index contributed by atoms with van der Waals surface area (Å²) in [6, 6.07) is 22.4. The van der Waals surface area contributed by atoms with Gasteiger partial charge >= 0.3 is 6.09 Å². The Morgan fingerprint density at radius 2 is 1.76 bits per heavy atom. The van der Waals surface area contributed by atoms with E-state index in [1.54, 1.807) is 6.20 Å². The minimum atomic E-state index is -0.679. The summed E-state index contributed by atoms with van der Waals surface area (Å²) < 4.78 is 5.58. The van der Waals surface area contributed by atoms with Gasteiger partial charge in [-0.15, -0.1) is 0 Å². The molecule has 2 aromatic carbocycles. The van der Waals surface area contributed by atoms with Crippen molar-refractivity contribution in [1.82, 2.24) is 15.6 Å². The lowest BCUT2D eigenvalue weighted by molar-refractivity contribution is 0.0377. The quantitative estimate of drug-likeness (QED) is 0.357. The maximum absolute atomic E-state index is 12.7. The van der Waals surface area contributed by atoms with Gasteiger partial charge in [0.15, 0.2) is 5.66 Å². The molecule has 1 fully saturated rings. The van der Waals surface area contributed by atoms with Crippen molar-refractivity contribution in [2.75, 3.05) is 10.6 Å². The second-order valence-electron chi connectivity index (χ2n) is 12.0. The number of aromatic nitrogens is 1.